The minimum absolute atomic E-state index is 0.0476. The zero-order valence-electron chi connectivity index (χ0n) is 21.5. The van der Waals surface area contributed by atoms with Crippen LogP contribution in [0.25, 0.3) is 11.1 Å². The highest BCUT2D eigenvalue weighted by Gasteiger charge is 2.27. The van der Waals surface area contributed by atoms with Crippen LogP contribution in [0.1, 0.15) is 55.1 Å². The van der Waals surface area contributed by atoms with Gasteiger partial charge in [0.1, 0.15) is 12.7 Å². The minimum atomic E-state index is -0.668. The fourth-order valence-corrected chi connectivity index (χ4v) is 5.34. The van der Waals surface area contributed by atoms with Gasteiger partial charge in [0, 0.05) is 29.9 Å². The highest BCUT2D eigenvalue weighted by atomic mass is 19.1. The van der Waals surface area contributed by atoms with E-state index >= 15 is 8.78 Å². The third-order valence-corrected chi connectivity index (χ3v) is 7.43. The third-order valence-electron chi connectivity index (χ3n) is 7.43. The molecule has 0 bridgehead atoms. The summed E-state index contributed by atoms with van der Waals surface area (Å²) in [6.45, 7) is 7.15. The van der Waals surface area contributed by atoms with Crippen LogP contribution >= 0.6 is 0 Å². The molecule has 3 aromatic rings. The Kier molecular flexibility index (Phi) is 7.07. The quantitative estimate of drug-likeness (QED) is 0.471. The van der Waals surface area contributed by atoms with Crippen LogP contribution in [0, 0.1) is 23.0 Å². The van der Waals surface area contributed by atoms with E-state index in [1.807, 2.05) is 31.0 Å². The number of nitrogens with zero attached hydrogens (tertiary/aromatic N) is 5. The van der Waals surface area contributed by atoms with Crippen LogP contribution < -0.4 is 9.64 Å². The molecule has 1 saturated heterocycles. The molecule has 192 valence electrons. The lowest BCUT2D eigenvalue weighted by Gasteiger charge is -2.35. The lowest BCUT2D eigenvalue weighted by atomic mass is 9.90. The van der Waals surface area contributed by atoms with Crippen molar-refractivity contribution in [1.82, 2.24) is 14.9 Å². The second-order valence-corrected chi connectivity index (χ2v) is 10.2. The Bertz CT molecular complexity index is 1330. The Morgan fingerprint density at radius 1 is 1.08 bits per heavy atom. The molecule has 1 aromatic carbocycles. The van der Waals surface area contributed by atoms with Crippen molar-refractivity contribution in [2.24, 2.45) is 0 Å². The number of likely N-dealkylation sites (tertiary alicyclic amines) is 1. The summed E-state index contributed by atoms with van der Waals surface area (Å²) < 4.78 is 35.8. The van der Waals surface area contributed by atoms with Crippen LogP contribution in [-0.4, -0.2) is 54.2 Å². The number of hydrogen-bond acceptors (Lipinski definition) is 6. The normalized spacial score (nSPS) is 16.4. The standard InChI is InChI=1S/C29H31F2N5O/c1-18(2)36-10-11-37-29-24(30)12-21(13-27(29)36)28-23(15-32)26(34-17-25(28)31)14-22-5-4-20(16-33-22)19-6-8-35(3)9-7-19/h4-5,12-13,16-19H,6-11,14H2,1-3H3. The average molecular weight is 504 g/mol. The van der Waals surface area contributed by atoms with Gasteiger partial charge in [-0.1, -0.05) is 6.07 Å². The first-order chi connectivity index (χ1) is 17.9. The molecular weight excluding hydrogens is 472 g/mol. The van der Waals surface area contributed by atoms with Crippen molar-refractivity contribution < 1.29 is 13.5 Å². The molecule has 0 amide bonds. The van der Waals surface area contributed by atoms with E-state index in [0.29, 0.717) is 30.5 Å². The number of benzene rings is 1. The monoisotopic (exact) mass is 503 g/mol. The van der Waals surface area contributed by atoms with Crippen molar-refractivity contribution in [3.63, 3.8) is 0 Å². The van der Waals surface area contributed by atoms with E-state index in [1.54, 1.807) is 6.07 Å². The van der Waals surface area contributed by atoms with Crippen molar-refractivity contribution >= 4 is 5.69 Å². The third kappa shape index (κ3) is 5.01. The molecule has 0 unspecified atom stereocenters. The molecule has 5 rings (SSSR count). The number of rotatable bonds is 5. The first-order valence-electron chi connectivity index (χ1n) is 12.8. The molecular formula is C29H31F2N5O. The van der Waals surface area contributed by atoms with Crippen LogP contribution in [0.4, 0.5) is 14.5 Å². The van der Waals surface area contributed by atoms with Gasteiger partial charge in [-0.15, -0.1) is 0 Å². The molecule has 6 nitrogen and oxygen atoms in total. The molecule has 2 aromatic heterocycles. The molecule has 0 N–H and O–H groups in total. The highest BCUT2D eigenvalue weighted by Crippen LogP contribution is 2.41. The topological polar surface area (TPSA) is 65.3 Å². The number of nitriles is 1. The van der Waals surface area contributed by atoms with Gasteiger partial charge in [-0.05, 0) is 82.1 Å². The van der Waals surface area contributed by atoms with E-state index in [9.17, 15) is 5.26 Å². The predicted octanol–water partition coefficient (Wildman–Crippen LogP) is 5.30. The summed E-state index contributed by atoms with van der Waals surface area (Å²) >= 11 is 0. The number of piperidine rings is 1. The van der Waals surface area contributed by atoms with Crippen LogP contribution in [0.15, 0.2) is 36.7 Å². The smallest absolute Gasteiger partial charge is 0.178 e. The summed E-state index contributed by atoms with van der Waals surface area (Å²) in [5, 5.41) is 10.0. The summed E-state index contributed by atoms with van der Waals surface area (Å²) in [6, 6.07) is 9.21. The molecule has 2 aliphatic heterocycles. The van der Waals surface area contributed by atoms with Gasteiger partial charge in [-0.25, -0.2) is 8.78 Å². The molecule has 4 heterocycles. The van der Waals surface area contributed by atoms with Gasteiger partial charge in [0.2, 0.25) is 0 Å². The van der Waals surface area contributed by atoms with E-state index in [2.05, 4.69) is 34.1 Å². The number of ether oxygens (including phenoxy) is 1. The Balaban J connectivity index is 1.47. The Morgan fingerprint density at radius 3 is 2.54 bits per heavy atom. The fourth-order valence-electron chi connectivity index (χ4n) is 5.34. The van der Waals surface area contributed by atoms with E-state index in [4.69, 9.17) is 4.74 Å². The number of halogens is 2. The zero-order valence-corrected chi connectivity index (χ0v) is 21.5. The van der Waals surface area contributed by atoms with E-state index in [1.165, 1.54) is 11.6 Å². The summed E-state index contributed by atoms with van der Waals surface area (Å²) in [4.78, 5) is 13.2. The van der Waals surface area contributed by atoms with Crippen molar-refractivity contribution in [2.45, 2.75) is 45.1 Å². The largest absolute Gasteiger partial charge is 0.486 e. The van der Waals surface area contributed by atoms with Crippen molar-refractivity contribution in [3.8, 4) is 22.9 Å². The van der Waals surface area contributed by atoms with Crippen molar-refractivity contribution in [3.05, 3.63) is 70.8 Å². The first-order valence-corrected chi connectivity index (χ1v) is 12.8. The van der Waals surface area contributed by atoms with Crippen molar-refractivity contribution in [1.29, 1.82) is 5.26 Å². The molecule has 0 radical (unpaired) electrons. The summed E-state index contributed by atoms with van der Waals surface area (Å²) in [5.41, 5.74) is 3.36. The average Bonchev–Trinajstić information content (AvgIpc) is 2.90. The number of fused-ring (bicyclic) bond motifs is 1. The Hall–Kier alpha value is -3.57. The molecule has 0 spiro atoms. The van der Waals surface area contributed by atoms with Crippen LogP contribution in [-0.2, 0) is 6.42 Å². The zero-order chi connectivity index (χ0) is 26.1. The lowest BCUT2D eigenvalue weighted by molar-refractivity contribution is 0.255. The Morgan fingerprint density at radius 2 is 1.86 bits per heavy atom. The van der Waals surface area contributed by atoms with E-state index in [-0.39, 0.29) is 34.9 Å². The fraction of sp³-hybridized carbons (Fsp3) is 0.414. The van der Waals surface area contributed by atoms with Gasteiger partial charge in [-0.2, -0.15) is 5.26 Å². The van der Waals surface area contributed by atoms with E-state index < -0.39 is 11.6 Å². The second-order valence-electron chi connectivity index (χ2n) is 10.2. The Labute approximate surface area is 216 Å². The SMILES string of the molecule is CC(C)N1CCOc2c(F)cc(-c3c(F)cnc(Cc4ccc(C5CCN(C)CC5)cn4)c3C#N)cc21. The number of anilines is 1. The molecule has 2 aliphatic rings. The van der Waals surface area contributed by atoms with Crippen LogP contribution in [0.5, 0.6) is 5.75 Å². The van der Waals surface area contributed by atoms with Gasteiger partial charge >= 0.3 is 0 Å². The van der Waals surface area contributed by atoms with Gasteiger partial charge in [0.15, 0.2) is 17.4 Å². The molecule has 0 atom stereocenters. The molecule has 1 fully saturated rings. The van der Waals surface area contributed by atoms with Gasteiger partial charge in [0.25, 0.3) is 0 Å². The number of pyridine rings is 2. The summed E-state index contributed by atoms with van der Waals surface area (Å²) in [5.74, 6) is -0.592. The maximum atomic E-state index is 15.1. The van der Waals surface area contributed by atoms with Gasteiger partial charge in [-0.3, -0.25) is 9.97 Å². The minimum Gasteiger partial charge on any atom is -0.486 e. The molecule has 0 aliphatic carbocycles. The molecule has 8 heteroatoms. The van der Waals surface area contributed by atoms with Gasteiger partial charge < -0.3 is 14.5 Å². The number of hydrogen-bond donors (Lipinski definition) is 0. The van der Waals surface area contributed by atoms with Crippen LogP contribution in [0.2, 0.25) is 0 Å². The van der Waals surface area contributed by atoms with Gasteiger partial charge in [0.05, 0.1) is 29.7 Å². The maximum absolute atomic E-state index is 15.1. The number of aromatic nitrogens is 2. The first kappa shape index (κ1) is 25.1. The van der Waals surface area contributed by atoms with Crippen LogP contribution in [0.3, 0.4) is 0 Å². The van der Waals surface area contributed by atoms with E-state index in [0.717, 1.165) is 37.8 Å². The highest BCUT2D eigenvalue weighted by molar-refractivity contribution is 5.78. The molecule has 37 heavy (non-hydrogen) atoms. The predicted molar refractivity (Wildman–Crippen MR) is 139 cm³/mol. The maximum Gasteiger partial charge on any atom is 0.178 e. The second kappa shape index (κ2) is 10.4. The van der Waals surface area contributed by atoms with Crippen molar-refractivity contribution in [2.75, 3.05) is 38.2 Å². The lowest BCUT2D eigenvalue weighted by Crippen LogP contribution is -2.38. The summed E-state index contributed by atoms with van der Waals surface area (Å²) in [7, 11) is 2.14. The molecule has 0 saturated carbocycles. The summed E-state index contributed by atoms with van der Waals surface area (Å²) in [6.07, 6.45) is 5.50.